The molecule has 4 nitrogen and oxygen atoms in total. The predicted octanol–water partition coefficient (Wildman–Crippen LogP) is 5.08. The van der Waals surface area contributed by atoms with Gasteiger partial charge in [-0.15, -0.1) is 0 Å². The normalized spacial score (nSPS) is 11.5. The highest BCUT2D eigenvalue weighted by Crippen LogP contribution is 2.27. The lowest BCUT2D eigenvalue weighted by Crippen LogP contribution is -2.01. The van der Waals surface area contributed by atoms with Crippen molar-refractivity contribution in [3.05, 3.63) is 68.8 Å². The first kappa shape index (κ1) is 16.3. The molecular weight excluding hydrogens is 392 g/mol. The van der Waals surface area contributed by atoms with Gasteiger partial charge in [0.25, 0.3) is 0 Å². The van der Waals surface area contributed by atoms with Crippen LogP contribution in [0, 0.1) is 11.3 Å². The van der Waals surface area contributed by atoms with Crippen molar-refractivity contribution in [1.82, 2.24) is 4.98 Å². The predicted molar refractivity (Wildman–Crippen MR) is 97.0 cm³/mol. The fraction of sp³-hybridized carbons (Fsp3) is 0. The van der Waals surface area contributed by atoms with Gasteiger partial charge in [0, 0.05) is 27.7 Å². The van der Waals surface area contributed by atoms with Gasteiger partial charge in [-0.2, -0.15) is 5.26 Å². The number of carbonyl (C=O) groups is 1. The molecule has 0 radical (unpaired) electrons. The van der Waals surface area contributed by atoms with Crippen LogP contribution in [0.5, 0.6) is 5.75 Å². The first-order chi connectivity index (χ1) is 11.5. The lowest BCUT2D eigenvalue weighted by Gasteiger charge is -2.01. The maximum atomic E-state index is 12.7. The van der Waals surface area contributed by atoms with E-state index < -0.39 is 0 Å². The van der Waals surface area contributed by atoms with Crippen molar-refractivity contribution in [2.75, 3.05) is 0 Å². The van der Waals surface area contributed by atoms with Crippen LogP contribution in [0.25, 0.3) is 17.0 Å². The highest BCUT2D eigenvalue weighted by Gasteiger charge is 2.17. The number of ketones is 1. The van der Waals surface area contributed by atoms with Gasteiger partial charge in [-0.05, 0) is 51.8 Å². The van der Waals surface area contributed by atoms with Crippen LogP contribution in [0.2, 0.25) is 5.02 Å². The molecular formula is C18H10BrClN2O2. The Bertz CT molecular complexity index is 1030. The number of nitrogens with zero attached hydrogens (tertiary/aromatic N) is 1. The van der Waals surface area contributed by atoms with Crippen molar-refractivity contribution < 1.29 is 9.90 Å². The molecule has 0 aliphatic carbocycles. The van der Waals surface area contributed by atoms with Crippen molar-refractivity contribution in [3.8, 4) is 11.8 Å². The summed E-state index contributed by atoms with van der Waals surface area (Å²) in [6.07, 6.45) is 3.06. The maximum absolute atomic E-state index is 12.7. The van der Waals surface area contributed by atoms with E-state index in [0.29, 0.717) is 26.0 Å². The minimum absolute atomic E-state index is 0.00318. The summed E-state index contributed by atoms with van der Waals surface area (Å²) in [5.74, 6) is -0.291. The molecule has 0 unspecified atom stereocenters. The summed E-state index contributed by atoms with van der Waals surface area (Å²) in [5, 5.41) is 20.2. The molecule has 0 aliphatic heterocycles. The number of rotatable bonds is 3. The summed E-state index contributed by atoms with van der Waals surface area (Å²) in [5.41, 5.74) is 1.78. The fourth-order valence-electron chi connectivity index (χ4n) is 2.36. The van der Waals surface area contributed by atoms with E-state index in [1.54, 1.807) is 36.5 Å². The molecule has 0 fully saturated rings. The third-order valence-electron chi connectivity index (χ3n) is 3.54. The number of fused-ring (bicyclic) bond motifs is 1. The molecule has 0 atom stereocenters. The van der Waals surface area contributed by atoms with Gasteiger partial charge in [-0.1, -0.05) is 23.7 Å². The van der Waals surface area contributed by atoms with Crippen LogP contribution in [0.1, 0.15) is 15.9 Å². The van der Waals surface area contributed by atoms with Gasteiger partial charge in [0.2, 0.25) is 5.78 Å². The first-order valence-electron chi connectivity index (χ1n) is 6.91. The molecule has 6 heteroatoms. The number of H-pyrrole nitrogens is 1. The number of carbonyl (C=O) groups excluding carboxylic acids is 1. The van der Waals surface area contributed by atoms with Crippen LogP contribution in [-0.4, -0.2) is 15.9 Å². The molecule has 2 N–H and O–H groups in total. The quantitative estimate of drug-likeness (QED) is 0.365. The lowest BCUT2D eigenvalue weighted by molar-refractivity contribution is 0.104. The average molecular weight is 402 g/mol. The molecule has 3 aromatic rings. The molecule has 2 aromatic carbocycles. The number of aromatic hydroxyl groups is 1. The van der Waals surface area contributed by atoms with Gasteiger partial charge in [0.15, 0.2) is 0 Å². The number of nitrogens with one attached hydrogen (secondary N) is 1. The van der Waals surface area contributed by atoms with Crippen LogP contribution in [0.3, 0.4) is 0 Å². The van der Waals surface area contributed by atoms with E-state index in [9.17, 15) is 15.2 Å². The molecule has 0 bridgehead atoms. The van der Waals surface area contributed by atoms with Crippen molar-refractivity contribution in [1.29, 1.82) is 5.26 Å². The number of Topliss-reactive ketones (excluding diaryl/α,β-unsaturated/α-hetero) is 1. The summed E-state index contributed by atoms with van der Waals surface area (Å²) in [4.78, 5) is 15.7. The summed E-state index contributed by atoms with van der Waals surface area (Å²) in [6.45, 7) is 0. The Kier molecular flexibility index (Phi) is 4.43. The zero-order chi connectivity index (χ0) is 17.3. The second kappa shape index (κ2) is 6.52. The van der Waals surface area contributed by atoms with Gasteiger partial charge >= 0.3 is 0 Å². The number of halogens is 2. The molecule has 118 valence electrons. The number of phenolic OH excluding ortho intramolecular Hbond substituents is 1. The fourth-order valence-corrected chi connectivity index (χ4v) is 2.93. The second-order valence-electron chi connectivity index (χ2n) is 5.10. The third-order valence-corrected chi connectivity index (χ3v) is 4.41. The second-order valence-corrected chi connectivity index (χ2v) is 6.39. The Morgan fingerprint density at radius 3 is 2.79 bits per heavy atom. The van der Waals surface area contributed by atoms with Crippen LogP contribution in [-0.2, 0) is 0 Å². The zero-order valence-electron chi connectivity index (χ0n) is 12.2. The molecule has 1 aromatic heterocycles. The van der Waals surface area contributed by atoms with Gasteiger partial charge in [0.1, 0.15) is 17.4 Å². The van der Waals surface area contributed by atoms with Crippen molar-refractivity contribution in [3.63, 3.8) is 0 Å². The van der Waals surface area contributed by atoms with E-state index in [0.717, 1.165) is 5.52 Å². The molecule has 24 heavy (non-hydrogen) atoms. The molecule has 0 aliphatic rings. The summed E-state index contributed by atoms with van der Waals surface area (Å²) in [6, 6.07) is 11.9. The molecule has 0 saturated heterocycles. The molecule has 0 amide bonds. The van der Waals surface area contributed by atoms with E-state index in [-0.39, 0.29) is 17.1 Å². The molecule has 0 spiro atoms. The van der Waals surface area contributed by atoms with E-state index in [4.69, 9.17) is 11.6 Å². The third kappa shape index (κ3) is 3.07. The Morgan fingerprint density at radius 2 is 2.08 bits per heavy atom. The minimum atomic E-state index is -0.379. The van der Waals surface area contributed by atoms with Crippen LogP contribution < -0.4 is 0 Å². The van der Waals surface area contributed by atoms with Crippen molar-refractivity contribution >= 4 is 50.3 Å². The first-order valence-corrected chi connectivity index (χ1v) is 8.08. The molecule has 1 heterocycles. The average Bonchev–Trinajstić information content (AvgIpc) is 2.98. The largest absolute Gasteiger partial charge is 0.507 e. The van der Waals surface area contributed by atoms with E-state index in [1.165, 1.54) is 12.1 Å². The number of benzene rings is 2. The number of aromatic nitrogens is 1. The molecule has 0 saturated carbocycles. The lowest BCUT2D eigenvalue weighted by atomic mass is 10.0. The number of hydrogen-bond acceptors (Lipinski definition) is 3. The number of hydrogen-bond donors (Lipinski definition) is 2. The number of nitriles is 1. The standard InChI is InChI=1S/C18H10BrClN2O2/c19-15-6-10(1-4-17(15)23)5-11(8-21)18(24)14-9-22-16-7-12(20)2-3-13(14)16/h1-7,9,22-23H/b11-5-. The minimum Gasteiger partial charge on any atom is -0.507 e. The van der Waals surface area contributed by atoms with Crippen molar-refractivity contribution in [2.45, 2.75) is 0 Å². The Balaban J connectivity index is 2.03. The summed E-state index contributed by atoms with van der Waals surface area (Å²) in [7, 11) is 0. The van der Waals surface area contributed by atoms with Gasteiger partial charge in [-0.3, -0.25) is 4.79 Å². The number of aromatic amines is 1. The topological polar surface area (TPSA) is 76.9 Å². The van der Waals surface area contributed by atoms with Crippen LogP contribution in [0.4, 0.5) is 0 Å². The summed E-state index contributed by atoms with van der Waals surface area (Å²) < 4.78 is 0.489. The Morgan fingerprint density at radius 1 is 1.29 bits per heavy atom. The number of allylic oxidation sites excluding steroid dienone is 1. The maximum Gasteiger partial charge on any atom is 0.205 e. The number of phenols is 1. The van der Waals surface area contributed by atoms with Crippen LogP contribution >= 0.6 is 27.5 Å². The Labute approximate surface area is 151 Å². The highest BCUT2D eigenvalue weighted by molar-refractivity contribution is 9.10. The van der Waals surface area contributed by atoms with E-state index in [2.05, 4.69) is 20.9 Å². The van der Waals surface area contributed by atoms with E-state index in [1.807, 2.05) is 6.07 Å². The summed E-state index contributed by atoms with van der Waals surface area (Å²) >= 11 is 9.15. The smallest absolute Gasteiger partial charge is 0.205 e. The monoisotopic (exact) mass is 400 g/mol. The molecule has 3 rings (SSSR count). The Hall–Kier alpha value is -2.55. The van der Waals surface area contributed by atoms with Gasteiger partial charge < -0.3 is 10.1 Å². The SMILES string of the molecule is N#C/C(=C/c1ccc(O)c(Br)c1)C(=O)c1c[nH]c2cc(Cl)ccc12. The van der Waals surface area contributed by atoms with Gasteiger partial charge in [0.05, 0.1) is 4.47 Å². The zero-order valence-corrected chi connectivity index (χ0v) is 14.5. The van der Waals surface area contributed by atoms with Crippen LogP contribution in [0.15, 0.2) is 52.6 Å². The van der Waals surface area contributed by atoms with Gasteiger partial charge in [-0.25, -0.2) is 0 Å². The highest BCUT2D eigenvalue weighted by atomic mass is 79.9. The van der Waals surface area contributed by atoms with E-state index >= 15 is 0 Å². The van der Waals surface area contributed by atoms with Crippen molar-refractivity contribution in [2.24, 2.45) is 0 Å².